The van der Waals surface area contributed by atoms with Gasteiger partial charge >= 0.3 is 5.97 Å². The minimum absolute atomic E-state index is 0.289. The smallest absolute Gasteiger partial charge is 0.338 e. The summed E-state index contributed by atoms with van der Waals surface area (Å²) in [4.78, 5) is 11.9. The van der Waals surface area contributed by atoms with Gasteiger partial charge in [0.25, 0.3) is 0 Å². The monoisotopic (exact) mass is 276 g/mol. The Labute approximate surface area is 122 Å². The van der Waals surface area contributed by atoms with Crippen molar-refractivity contribution < 1.29 is 9.53 Å². The van der Waals surface area contributed by atoms with Crippen LogP contribution in [0.15, 0.2) is 12.1 Å². The van der Waals surface area contributed by atoms with Gasteiger partial charge in [-0.15, -0.1) is 0 Å². The fourth-order valence-electron chi connectivity index (χ4n) is 2.30. The lowest BCUT2D eigenvalue weighted by molar-refractivity contribution is 0.0526. The van der Waals surface area contributed by atoms with Crippen molar-refractivity contribution in [3.05, 3.63) is 28.8 Å². The number of hydrogen-bond acceptors (Lipinski definition) is 2. The average molecular weight is 276 g/mol. The molecule has 20 heavy (non-hydrogen) atoms. The van der Waals surface area contributed by atoms with E-state index in [4.69, 9.17) is 10.5 Å². The minimum Gasteiger partial charge on any atom is -0.462 e. The van der Waals surface area contributed by atoms with Crippen LogP contribution in [0, 0.1) is 11.8 Å². The summed E-state index contributed by atoms with van der Waals surface area (Å²) < 4.78 is 5.09. The van der Waals surface area contributed by atoms with Crippen LogP contribution in [0.5, 0.6) is 0 Å². The van der Waals surface area contributed by atoms with E-state index in [2.05, 4.69) is 27.7 Å². The van der Waals surface area contributed by atoms with Gasteiger partial charge in [0.15, 0.2) is 0 Å². The normalized spacial score (nSPS) is 11.2. The summed E-state index contributed by atoms with van der Waals surface area (Å²) in [7, 11) is 0. The lowest BCUT2D eigenvalue weighted by Crippen LogP contribution is -2.09. The lowest BCUT2D eigenvalue weighted by atomic mass is 9.92. The molecule has 1 N–H and O–H groups in total. The molecule has 0 aliphatic carbocycles. The van der Waals surface area contributed by atoms with Gasteiger partial charge in [0.2, 0.25) is 0 Å². The van der Waals surface area contributed by atoms with Gasteiger partial charge in [-0.2, -0.15) is 0 Å². The molecule has 0 amide bonds. The van der Waals surface area contributed by atoms with Crippen LogP contribution in [-0.2, 0) is 17.6 Å². The molecule has 3 nitrogen and oxygen atoms in total. The van der Waals surface area contributed by atoms with E-state index in [0.29, 0.717) is 29.7 Å². The molecule has 0 aliphatic rings. The molecule has 0 aliphatic heterocycles. The van der Waals surface area contributed by atoms with E-state index in [9.17, 15) is 4.79 Å². The van der Waals surface area contributed by atoms with E-state index in [1.165, 1.54) is 0 Å². The average Bonchev–Trinajstić information content (AvgIpc) is 2.33. The fraction of sp³-hybridized carbons (Fsp3) is 0.588. The van der Waals surface area contributed by atoms with Gasteiger partial charge in [0.1, 0.15) is 0 Å². The highest BCUT2D eigenvalue weighted by molar-refractivity contribution is 5.90. The minimum atomic E-state index is -0.289. The summed E-state index contributed by atoms with van der Waals surface area (Å²) in [6.45, 7) is 10.7. The Bertz CT molecular complexity index is 433. The van der Waals surface area contributed by atoms with Crippen molar-refractivity contribution in [1.82, 2.24) is 5.73 Å². The summed E-state index contributed by atoms with van der Waals surface area (Å²) >= 11 is 0. The SMILES string of the molecule is CCOC(=O)c1cc(CC(C)C)c([NH])c(CC(C)C)c1. The highest BCUT2D eigenvalue weighted by Crippen LogP contribution is 2.27. The Balaban J connectivity index is 3.21. The molecule has 3 heteroatoms. The number of benzene rings is 1. The van der Waals surface area contributed by atoms with Crippen LogP contribution in [0.4, 0.5) is 5.69 Å². The summed E-state index contributed by atoms with van der Waals surface area (Å²) in [6.07, 6.45) is 1.63. The van der Waals surface area contributed by atoms with E-state index in [-0.39, 0.29) is 5.97 Å². The second-order valence-corrected chi connectivity index (χ2v) is 6.09. The number of nitrogens with one attached hydrogen (secondary N) is 1. The van der Waals surface area contributed by atoms with Crippen LogP contribution in [-0.4, -0.2) is 12.6 Å². The molecule has 1 aromatic rings. The second kappa shape index (κ2) is 7.32. The quantitative estimate of drug-likeness (QED) is 0.732. The molecule has 0 saturated heterocycles. The molecule has 1 rings (SSSR count). The van der Waals surface area contributed by atoms with Gasteiger partial charge in [-0.05, 0) is 54.9 Å². The van der Waals surface area contributed by atoms with Crippen molar-refractivity contribution in [2.75, 3.05) is 6.61 Å². The third kappa shape index (κ3) is 4.55. The maximum Gasteiger partial charge on any atom is 0.338 e. The van der Waals surface area contributed by atoms with E-state index < -0.39 is 0 Å². The van der Waals surface area contributed by atoms with Crippen molar-refractivity contribution in [3.63, 3.8) is 0 Å². The first kappa shape index (κ1) is 16.5. The molecular weight excluding hydrogens is 250 g/mol. The van der Waals surface area contributed by atoms with E-state index in [1.54, 1.807) is 6.92 Å². The molecule has 0 unspecified atom stereocenters. The zero-order valence-corrected chi connectivity index (χ0v) is 13.2. The molecule has 0 fully saturated rings. The van der Waals surface area contributed by atoms with Crippen LogP contribution >= 0.6 is 0 Å². The number of carbonyl (C=O) groups is 1. The molecule has 0 aromatic heterocycles. The first-order valence-corrected chi connectivity index (χ1v) is 7.39. The Hall–Kier alpha value is -1.51. The van der Waals surface area contributed by atoms with E-state index in [1.807, 2.05) is 12.1 Å². The first-order chi connectivity index (χ1) is 9.35. The summed E-state index contributed by atoms with van der Waals surface area (Å²) in [5, 5.41) is 0. The van der Waals surface area contributed by atoms with E-state index >= 15 is 0 Å². The lowest BCUT2D eigenvalue weighted by Gasteiger charge is -2.15. The molecule has 111 valence electrons. The van der Waals surface area contributed by atoms with Crippen LogP contribution in [0.2, 0.25) is 0 Å². The molecule has 1 aromatic carbocycles. The third-order valence-electron chi connectivity index (χ3n) is 3.07. The zero-order chi connectivity index (χ0) is 15.3. The molecule has 0 spiro atoms. The van der Waals surface area contributed by atoms with Gasteiger partial charge < -0.3 is 10.5 Å². The largest absolute Gasteiger partial charge is 0.462 e. The Morgan fingerprint density at radius 2 is 1.55 bits per heavy atom. The summed E-state index contributed by atoms with van der Waals surface area (Å²) in [5.41, 5.74) is 11.4. The van der Waals surface area contributed by atoms with Crippen molar-refractivity contribution in [2.24, 2.45) is 11.8 Å². The number of esters is 1. The van der Waals surface area contributed by atoms with Crippen LogP contribution in [0.1, 0.15) is 56.1 Å². The number of ether oxygens (including phenoxy) is 1. The zero-order valence-electron chi connectivity index (χ0n) is 13.2. The molecule has 1 radical (unpaired) electrons. The van der Waals surface area contributed by atoms with Gasteiger partial charge in [-0.3, -0.25) is 0 Å². The maximum atomic E-state index is 11.9. The van der Waals surface area contributed by atoms with Crippen molar-refractivity contribution in [1.29, 1.82) is 0 Å². The fourth-order valence-corrected chi connectivity index (χ4v) is 2.30. The highest BCUT2D eigenvalue weighted by Gasteiger charge is 2.15. The highest BCUT2D eigenvalue weighted by atomic mass is 16.5. The Kier molecular flexibility index (Phi) is 6.05. The molecule has 0 atom stereocenters. The Morgan fingerprint density at radius 3 is 1.90 bits per heavy atom. The molecule has 0 saturated carbocycles. The second-order valence-electron chi connectivity index (χ2n) is 6.09. The predicted octanol–water partition coefficient (Wildman–Crippen LogP) is 4.17. The van der Waals surface area contributed by atoms with Crippen molar-refractivity contribution in [2.45, 2.75) is 47.5 Å². The van der Waals surface area contributed by atoms with Crippen LogP contribution < -0.4 is 5.73 Å². The van der Waals surface area contributed by atoms with Gasteiger partial charge in [-0.25, -0.2) is 4.79 Å². The van der Waals surface area contributed by atoms with E-state index in [0.717, 1.165) is 24.0 Å². The van der Waals surface area contributed by atoms with Crippen molar-refractivity contribution in [3.8, 4) is 0 Å². The summed E-state index contributed by atoms with van der Waals surface area (Å²) in [6, 6.07) is 3.65. The van der Waals surface area contributed by atoms with Gasteiger partial charge in [0, 0.05) is 0 Å². The molecule has 0 heterocycles. The first-order valence-electron chi connectivity index (χ1n) is 7.39. The molecular formula is C17H26NO2. The Morgan fingerprint density at radius 1 is 1.10 bits per heavy atom. The third-order valence-corrected chi connectivity index (χ3v) is 3.07. The number of carbonyl (C=O) groups excluding carboxylic acids is 1. The van der Waals surface area contributed by atoms with Crippen LogP contribution in [0.3, 0.4) is 0 Å². The van der Waals surface area contributed by atoms with Crippen LogP contribution in [0.25, 0.3) is 0 Å². The number of rotatable bonds is 6. The van der Waals surface area contributed by atoms with Crippen molar-refractivity contribution >= 4 is 11.7 Å². The van der Waals surface area contributed by atoms with Gasteiger partial charge in [0.05, 0.1) is 17.9 Å². The molecule has 0 bridgehead atoms. The standard InChI is InChI=1S/C17H26NO2/c1-6-20-17(19)15-9-13(7-11(2)3)16(18)14(10-15)8-12(4)5/h9-12,18H,6-8H2,1-5H3. The van der Waals surface area contributed by atoms with Gasteiger partial charge in [-0.1, -0.05) is 27.7 Å². The predicted molar refractivity (Wildman–Crippen MR) is 82.2 cm³/mol. The topological polar surface area (TPSA) is 50.1 Å². The number of hydrogen-bond donors (Lipinski definition) is 0. The summed E-state index contributed by atoms with van der Waals surface area (Å²) in [5.74, 6) is 0.634. The maximum absolute atomic E-state index is 11.9.